The molecule has 0 aliphatic heterocycles. The Balaban J connectivity index is 2.30. The average Bonchev–Trinajstić information content (AvgIpc) is 2.79. The summed E-state index contributed by atoms with van der Waals surface area (Å²) in [5, 5.41) is 0. The zero-order chi connectivity index (χ0) is 11.0. The molecule has 1 aliphatic rings. The van der Waals surface area contributed by atoms with Crippen LogP contribution < -0.4 is 0 Å². The predicted octanol–water partition coefficient (Wildman–Crippen LogP) is 3.79. The number of hydrogen-bond acceptors (Lipinski definition) is 0. The van der Waals surface area contributed by atoms with Crippen LogP contribution in [0.25, 0.3) is 0 Å². The molecular weight excluding hydrogens is 182 g/mol. The topological polar surface area (TPSA) is 4.93 Å². The molecule has 0 bridgehead atoms. The van der Waals surface area contributed by atoms with Crippen molar-refractivity contribution in [3.05, 3.63) is 46.8 Å². The maximum absolute atomic E-state index is 2.30. The van der Waals surface area contributed by atoms with Gasteiger partial charge in [-0.2, -0.15) is 0 Å². The summed E-state index contributed by atoms with van der Waals surface area (Å²) in [5.74, 6) is 0.635. The molecule has 0 radical (unpaired) electrons. The van der Waals surface area contributed by atoms with Gasteiger partial charge in [0.05, 0.1) is 0 Å². The fourth-order valence-corrected chi connectivity index (χ4v) is 2.35. The van der Waals surface area contributed by atoms with Gasteiger partial charge in [0.25, 0.3) is 0 Å². The molecule has 2 rings (SSSR count). The maximum atomic E-state index is 2.30. The van der Waals surface area contributed by atoms with Crippen molar-refractivity contribution in [3.63, 3.8) is 0 Å². The fourth-order valence-electron chi connectivity index (χ4n) is 2.35. The van der Waals surface area contributed by atoms with Crippen LogP contribution in [-0.4, -0.2) is 4.57 Å². The van der Waals surface area contributed by atoms with E-state index in [2.05, 4.69) is 56.8 Å². The second-order valence-electron chi connectivity index (χ2n) is 4.55. The number of aromatic nitrogens is 1. The van der Waals surface area contributed by atoms with E-state index in [1.165, 1.54) is 16.7 Å². The number of nitrogens with zero attached hydrogens (tertiary/aromatic N) is 1. The Labute approximate surface area is 92.1 Å². The molecule has 1 heteroatoms. The second kappa shape index (κ2) is 3.73. The molecule has 80 valence electrons. The first-order valence-corrected chi connectivity index (χ1v) is 5.59. The van der Waals surface area contributed by atoms with Crippen LogP contribution in [0.3, 0.4) is 0 Å². The standard InChI is InChI=1S/C14H19N/c1-10-11(2)13(4)14(12(10)3)9-15-7-5-6-8-15/h5-8,10H,9H2,1-4H3. The van der Waals surface area contributed by atoms with E-state index in [0.717, 1.165) is 6.54 Å². The maximum Gasteiger partial charge on any atom is 0.0472 e. The minimum atomic E-state index is 0.635. The molecule has 0 spiro atoms. The lowest BCUT2D eigenvalue weighted by atomic mass is 10.00. The van der Waals surface area contributed by atoms with E-state index in [-0.39, 0.29) is 0 Å². The summed E-state index contributed by atoms with van der Waals surface area (Å²) in [5.41, 5.74) is 6.10. The van der Waals surface area contributed by atoms with Gasteiger partial charge in [0, 0.05) is 18.9 Å². The van der Waals surface area contributed by atoms with Crippen molar-refractivity contribution in [2.45, 2.75) is 34.2 Å². The Bertz CT molecular complexity index is 418. The molecule has 1 heterocycles. The Morgan fingerprint density at radius 1 is 1.07 bits per heavy atom. The van der Waals surface area contributed by atoms with E-state index in [1.54, 1.807) is 5.57 Å². The zero-order valence-corrected chi connectivity index (χ0v) is 10.0. The van der Waals surface area contributed by atoms with E-state index >= 15 is 0 Å². The van der Waals surface area contributed by atoms with E-state index in [9.17, 15) is 0 Å². The highest BCUT2D eigenvalue weighted by atomic mass is 14.9. The summed E-state index contributed by atoms with van der Waals surface area (Å²) in [4.78, 5) is 0. The van der Waals surface area contributed by atoms with Crippen LogP contribution in [0.1, 0.15) is 27.7 Å². The molecular formula is C14H19N. The molecule has 0 saturated carbocycles. The number of hydrogen-bond donors (Lipinski definition) is 0. The van der Waals surface area contributed by atoms with Crippen molar-refractivity contribution < 1.29 is 0 Å². The van der Waals surface area contributed by atoms with Gasteiger partial charge in [0.15, 0.2) is 0 Å². The molecule has 0 saturated heterocycles. The predicted molar refractivity (Wildman–Crippen MR) is 64.7 cm³/mol. The summed E-state index contributed by atoms with van der Waals surface area (Å²) in [6.07, 6.45) is 4.26. The third-order valence-corrected chi connectivity index (χ3v) is 3.83. The fraction of sp³-hybridized carbons (Fsp3) is 0.429. The van der Waals surface area contributed by atoms with Crippen molar-refractivity contribution in [3.8, 4) is 0 Å². The molecule has 1 aliphatic carbocycles. The van der Waals surface area contributed by atoms with Crippen LogP contribution in [-0.2, 0) is 6.54 Å². The van der Waals surface area contributed by atoms with E-state index in [0.29, 0.717) is 5.92 Å². The lowest BCUT2D eigenvalue weighted by Gasteiger charge is -2.09. The van der Waals surface area contributed by atoms with Gasteiger partial charge >= 0.3 is 0 Å². The largest absolute Gasteiger partial charge is 0.350 e. The van der Waals surface area contributed by atoms with Crippen LogP contribution in [0.5, 0.6) is 0 Å². The first kappa shape index (κ1) is 10.3. The van der Waals surface area contributed by atoms with Crippen LogP contribution in [0.15, 0.2) is 46.8 Å². The van der Waals surface area contributed by atoms with Crippen LogP contribution in [0.2, 0.25) is 0 Å². The highest BCUT2D eigenvalue weighted by Gasteiger charge is 2.22. The Kier molecular flexibility index (Phi) is 2.56. The van der Waals surface area contributed by atoms with E-state index in [4.69, 9.17) is 0 Å². The van der Waals surface area contributed by atoms with Crippen LogP contribution >= 0.6 is 0 Å². The van der Waals surface area contributed by atoms with Crippen molar-refractivity contribution in [1.82, 2.24) is 4.57 Å². The molecule has 0 N–H and O–H groups in total. The SMILES string of the molecule is CC1=C(C)C(C)C(C)=C1Cn1cccc1. The smallest absolute Gasteiger partial charge is 0.0472 e. The second-order valence-corrected chi connectivity index (χ2v) is 4.55. The van der Waals surface area contributed by atoms with Crippen molar-refractivity contribution in [1.29, 1.82) is 0 Å². The van der Waals surface area contributed by atoms with Gasteiger partial charge in [0.1, 0.15) is 0 Å². The molecule has 1 nitrogen and oxygen atoms in total. The molecule has 1 aromatic rings. The lowest BCUT2D eigenvalue weighted by Crippen LogP contribution is -2.00. The minimum Gasteiger partial charge on any atom is -0.350 e. The summed E-state index contributed by atoms with van der Waals surface area (Å²) in [7, 11) is 0. The molecule has 1 unspecified atom stereocenters. The van der Waals surface area contributed by atoms with Gasteiger partial charge in [-0.15, -0.1) is 0 Å². The number of rotatable bonds is 2. The quantitative estimate of drug-likeness (QED) is 0.686. The highest BCUT2D eigenvalue weighted by molar-refractivity contribution is 5.46. The average molecular weight is 201 g/mol. The highest BCUT2D eigenvalue weighted by Crippen LogP contribution is 2.37. The van der Waals surface area contributed by atoms with E-state index < -0.39 is 0 Å². The molecule has 0 aromatic carbocycles. The van der Waals surface area contributed by atoms with Gasteiger partial charge in [0.2, 0.25) is 0 Å². The van der Waals surface area contributed by atoms with Crippen molar-refractivity contribution in [2.75, 3.05) is 0 Å². The normalized spacial score (nSPS) is 21.7. The zero-order valence-electron chi connectivity index (χ0n) is 10.0. The Hall–Kier alpha value is -1.24. The third-order valence-electron chi connectivity index (χ3n) is 3.83. The lowest BCUT2D eigenvalue weighted by molar-refractivity contribution is 0.772. The van der Waals surface area contributed by atoms with Crippen molar-refractivity contribution >= 4 is 0 Å². The van der Waals surface area contributed by atoms with Gasteiger partial charge in [-0.25, -0.2) is 0 Å². The van der Waals surface area contributed by atoms with Gasteiger partial charge in [-0.1, -0.05) is 18.1 Å². The van der Waals surface area contributed by atoms with Gasteiger partial charge < -0.3 is 4.57 Å². The minimum absolute atomic E-state index is 0.635. The molecule has 0 fully saturated rings. The third kappa shape index (κ3) is 1.67. The first-order valence-electron chi connectivity index (χ1n) is 5.59. The first-order chi connectivity index (χ1) is 7.11. The molecule has 15 heavy (non-hydrogen) atoms. The summed E-state index contributed by atoms with van der Waals surface area (Å²) in [6, 6.07) is 4.17. The number of allylic oxidation sites excluding steroid dienone is 4. The van der Waals surface area contributed by atoms with Crippen molar-refractivity contribution in [2.24, 2.45) is 5.92 Å². The monoisotopic (exact) mass is 201 g/mol. The van der Waals surface area contributed by atoms with Crippen LogP contribution in [0.4, 0.5) is 0 Å². The summed E-state index contributed by atoms with van der Waals surface area (Å²) < 4.78 is 2.24. The molecule has 0 amide bonds. The molecule has 1 aromatic heterocycles. The van der Waals surface area contributed by atoms with Gasteiger partial charge in [-0.3, -0.25) is 0 Å². The van der Waals surface area contributed by atoms with Crippen LogP contribution in [0, 0.1) is 5.92 Å². The molecule has 1 atom stereocenters. The van der Waals surface area contributed by atoms with E-state index in [1.807, 2.05) is 0 Å². The Morgan fingerprint density at radius 3 is 2.13 bits per heavy atom. The Morgan fingerprint density at radius 2 is 1.67 bits per heavy atom. The summed E-state index contributed by atoms with van der Waals surface area (Å²) in [6.45, 7) is 10.1. The van der Waals surface area contributed by atoms with Gasteiger partial charge in [-0.05, 0) is 50.0 Å². The summed E-state index contributed by atoms with van der Waals surface area (Å²) >= 11 is 0.